The highest BCUT2D eigenvalue weighted by Gasteiger charge is 2.34. The van der Waals surface area contributed by atoms with Crippen molar-refractivity contribution >= 4 is 24.2 Å². The van der Waals surface area contributed by atoms with E-state index >= 15 is 0 Å². The summed E-state index contributed by atoms with van der Waals surface area (Å²) < 4.78 is 0. The zero-order chi connectivity index (χ0) is 19.7. The molecule has 5 N–H and O–H groups in total. The molecule has 2 aliphatic heterocycles. The molecular weight excluding hydrogens is 353 g/mol. The molecule has 146 valence electrons. The van der Waals surface area contributed by atoms with E-state index < -0.39 is 7.12 Å². The molecule has 6 nitrogen and oxygen atoms in total. The van der Waals surface area contributed by atoms with Crippen molar-refractivity contribution in [1.29, 1.82) is 0 Å². The highest BCUT2D eigenvalue weighted by molar-refractivity contribution is 6.59. The molecule has 0 radical (unpaired) electrons. The first-order chi connectivity index (χ1) is 13.6. The minimum atomic E-state index is -1.52. The summed E-state index contributed by atoms with van der Waals surface area (Å²) in [5, 5.41) is 22.4. The maximum atomic E-state index is 13.0. The highest BCUT2D eigenvalue weighted by Crippen LogP contribution is 2.30. The summed E-state index contributed by atoms with van der Waals surface area (Å²) in [5.74, 6) is 0.546. The number of hydrogen-bond donors (Lipinski definition) is 4. The van der Waals surface area contributed by atoms with Gasteiger partial charge in [0.2, 0.25) is 5.91 Å². The molecule has 2 heterocycles. The SMILES string of the molecule is NCc1cccc(C2CCN(C(=O)C3Cc4c(cccc4B(O)O)N3)CC2)c1. The summed E-state index contributed by atoms with van der Waals surface area (Å²) in [6.45, 7) is 2.02. The Bertz CT molecular complexity index is 866. The number of likely N-dealkylation sites (tertiary alicyclic amines) is 1. The average Bonchev–Trinajstić information content (AvgIpc) is 3.17. The maximum absolute atomic E-state index is 13.0. The lowest BCUT2D eigenvalue weighted by Gasteiger charge is -2.34. The van der Waals surface area contributed by atoms with Crippen LogP contribution in [0.25, 0.3) is 0 Å². The Balaban J connectivity index is 1.39. The van der Waals surface area contributed by atoms with E-state index in [4.69, 9.17) is 5.73 Å². The second-order valence-electron chi connectivity index (χ2n) is 7.70. The Labute approximate surface area is 165 Å². The van der Waals surface area contributed by atoms with E-state index in [0.29, 0.717) is 24.3 Å². The lowest BCUT2D eigenvalue weighted by atomic mass is 9.76. The van der Waals surface area contributed by atoms with E-state index in [1.165, 1.54) is 5.56 Å². The highest BCUT2D eigenvalue weighted by atomic mass is 16.4. The van der Waals surface area contributed by atoms with E-state index in [1.54, 1.807) is 12.1 Å². The monoisotopic (exact) mass is 379 g/mol. The third-order valence-electron chi connectivity index (χ3n) is 5.99. The first kappa shape index (κ1) is 19.0. The Kier molecular flexibility index (Phi) is 5.39. The molecule has 1 saturated heterocycles. The Hall–Kier alpha value is -2.35. The van der Waals surface area contributed by atoms with Gasteiger partial charge in [0.25, 0.3) is 0 Å². The Morgan fingerprint density at radius 2 is 1.93 bits per heavy atom. The largest absolute Gasteiger partial charge is 0.488 e. The van der Waals surface area contributed by atoms with Gasteiger partial charge in [0.15, 0.2) is 0 Å². The number of carbonyl (C=O) groups is 1. The van der Waals surface area contributed by atoms with Crippen LogP contribution in [0, 0.1) is 0 Å². The molecule has 0 spiro atoms. The zero-order valence-electron chi connectivity index (χ0n) is 15.8. The van der Waals surface area contributed by atoms with Crippen LogP contribution in [0.3, 0.4) is 0 Å². The van der Waals surface area contributed by atoms with Crippen LogP contribution in [0.4, 0.5) is 5.69 Å². The second kappa shape index (κ2) is 7.95. The van der Waals surface area contributed by atoms with Crippen molar-refractivity contribution in [2.75, 3.05) is 18.4 Å². The fourth-order valence-electron chi connectivity index (χ4n) is 4.43. The van der Waals surface area contributed by atoms with Crippen molar-refractivity contribution in [2.45, 2.75) is 37.8 Å². The van der Waals surface area contributed by atoms with Gasteiger partial charge >= 0.3 is 7.12 Å². The van der Waals surface area contributed by atoms with Crippen molar-refractivity contribution < 1.29 is 14.8 Å². The molecule has 1 atom stereocenters. The van der Waals surface area contributed by atoms with Gasteiger partial charge in [-0.1, -0.05) is 36.4 Å². The number of benzene rings is 2. The molecule has 1 fully saturated rings. The number of nitrogens with zero attached hydrogens (tertiary/aromatic N) is 1. The van der Waals surface area contributed by atoms with Gasteiger partial charge in [-0.05, 0) is 47.0 Å². The van der Waals surface area contributed by atoms with E-state index in [2.05, 4.69) is 23.5 Å². The third kappa shape index (κ3) is 3.65. The number of carbonyl (C=O) groups excluding carboxylic acids is 1. The topological polar surface area (TPSA) is 98.8 Å². The molecule has 28 heavy (non-hydrogen) atoms. The van der Waals surface area contributed by atoms with Crippen LogP contribution in [0.1, 0.15) is 35.4 Å². The molecule has 2 aliphatic rings. The van der Waals surface area contributed by atoms with Gasteiger partial charge < -0.3 is 26.0 Å². The summed E-state index contributed by atoms with van der Waals surface area (Å²) >= 11 is 0. The van der Waals surface area contributed by atoms with Crippen LogP contribution < -0.4 is 16.5 Å². The minimum absolute atomic E-state index is 0.0868. The number of nitrogens with one attached hydrogen (secondary N) is 1. The molecule has 0 aliphatic carbocycles. The van der Waals surface area contributed by atoms with E-state index in [-0.39, 0.29) is 11.9 Å². The number of fused-ring (bicyclic) bond motifs is 1. The lowest BCUT2D eigenvalue weighted by molar-refractivity contribution is -0.132. The van der Waals surface area contributed by atoms with Gasteiger partial charge in [0.1, 0.15) is 6.04 Å². The van der Waals surface area contributed by atoms with Crippen molar-refractivity contribution in [1.82, 2.24) is 4.90 Å². The van der Waals surface area contributed by atoms with E-state index in [9.17, 15) is 14.8 Å². The van der Waals surface area contributed by atoms with E-state index in [1.807, 2.05) is 17.0 Å². The number of hydrogen-bond acceptors (Lipinski definition) is 5. The second-order valence-corrected chi connectivity index (χ2v) is 7.70. The molecule has 0 bridgehead atoms. The van der Waals surface area contributed by atoms with Crippen LogP contribution in [-0.2, 0) is 17.8 Å². The molecule has 0 aromatic heterocycles. The first-order valence-electron chi connectivity index (χ1n) is 9.89. The van der Waals surface area contributed by atoms with Gasteiger partial charge in [-0.15, -0.1) is 0 Å². The van der Waals surface area contributed by atoms with Crippen LogP contribution in [-0.4, -0.2) is 47.1 Å². The third-order valence-corrected chi connectivity index (χ3v) is 5.99. The minimum Gasteiger partial charge on any atom is -0.423 e. The van der Waals surface area contributed by atoms with Gasteiger partial charge in [-0.25, -0.2) is 0 Å². The first-order valence-corrected chi connectivity index (χ1v) is 9.89. The predicted molar refractivity (Wildman–Crippen MR) is 110 cm³/mol. The molecule has 2 aromatic carbocycles. The maximum Gasteiger partial charge on any atom is 0.488 e. The van der Waals surface area contributed by atoms with E-state index in [0.717, 1.165) is 42.7 Å². The lowest BCUT2D eigenvalue weighted by Crippen LogP contribution is -2.45. The summed E-state index contributed by atoms with van der Waals surface area (Å²) in [4.78, 5) is 14.9. The van der Waals surface area contributed by atoms with Gasteiger partial charge in [-0.2, -0.15) is 0 Å². The van der Waals surface area contributed by atoms with Gasteiger partial charge in [0, 0.05) is 31.7 Å². The Morgan fingerprint density at radius 1 is 1.18 bits per heavy atom. The summed E-state index contributed by atoms with van der Waals surface area (Å²) in [6.07, 6.45) is 2.38. The quantitative estimate of drug-likeness (QED) is 0.583. The smallest absolute Gasteiger partial charge is 0.423 e. The molecular formula is C21H26BN3O3. The van der Waals surface area contributed by atoms with Gasteiger partial charge in [0.05, 0.1) is 0 Å². The fraction of sp³-hybridized carbons (Fsp3) is 0.381. The standard InChI is InChI=1S/C21H26BN3O3/c23-13-14-3-1-4-16(11-14)15-7-9-25(10-8-15)21(26)20-12-17-18(22(27)28)5-2-6-19(17)24-20/h1-6,11,15,20,24,27-28H,7-10,12-13,23H2. The number of rotatable bonds is 4. The fourth-order valence-corrected chi connectivity index (χ4v) is 4.43. The van der Waals surface area contributed by atoms with Crippen LogP contribution >= 0.6 is 0 Å². The van der Waals surface area contributed by atoms with Crippen LogP contribution in [0.5, 0.6) is 0 Å². The van der Waals surface area contributed by atoms with Crippen LogP contribution in [0.2, 0.25) is 0 Å². The van der Waals surface area contributed by atoms with Crippen molar-refractivity contribution in [2.24, 2.45) is 5.73 Å². The summed E-state index contributed by atoms with van der Waals surface area (Å²) in [6, 6.07) is 13.4. The predicted octanol–water partition coefficient (Wildman–Crippen LogP) is 0.568. The summed E-state index contributed by atoms with van der Waals surface area (Å²) in [7, 11) is -1.52. The van der Waals surface area contributed by atoms with Crippen molar-refractivity contribution in [3.8, 4) is 0 Å². The molecule has 1 amide bonds. The molecule has 4 rings (SSSR count). The zero-order valence-corrected chi connectivity index (χ0v) is 15.8. The van der Waals surface area contributed by atoms with Crippen LogP contribution in [0.15, 0.2) is 42.5 Å². The number of nitrogens with two attached hydrogens (primary N) is 1. The number of piperidine rings is 1. The average molecular weight is 379 g/mol. The van der Waals surface area contributed by atoms with Crippen molar-refractivity contribution in [3.63, 3.8) is 0 Å². The van der Waals surface area contributed by atoms with Gasteiger partial charge in [-0.3, -0.25) is 4.79 Å². The molecule has 0 saturated carbocycles. The summed E-state index contributed by atoms with van der Waals surface area (Å²) in [5.41, 5.74) is 10.3. The Morgan fingerprint density at radius 3 is 2.64 bits per heavy atom. The molecule has 7 heteroatoms. The number of amides is 1. The molecule has 2 aromatic rings. The number of anilines is 1. The molecule has 1 unspecified atom stereocenters. The van der Waals surface area contributed by atoms with Crippen molar-refractivity contribution in [3.05, 3.63) is 59.2 Å². The normalized spacial score (nSPS) is 19.2.